The maximum Gasteiger partial charge on any atom is 0.320 e. The number of hydrogen-bond acceptors (Lipinski definition) is 11. The van der Waals surface area contributed by atoms with Gasteiger partial charge in [-0.15, -0.1) is 0 Å². The average Bonchev–Trinajstić information content (AvgIpc) is 2.86. The van der Waals surface area contributed by atoms with E-state index in [4.69, 9.17) is 14.2 Å². The Balaban J connectivity index is 2.22. The summed E-state index contributed by atoms with van der Waals surface area (Å²) in [6, 6.07) is 9.53. The Morgan fingerprint density at radius 2 is 1.00 bits per heavy atom. The highest BCUT2D eigenvalue weighted by atomic mass is 31.2. The van der Waals surface area contributed by atoms with Gasteiger partial charge in [0.25, 0.3) is 0 Å². The summed E-state index contributed by atoms with van der Waals surface area (Å²) in [5.41, 5.74) is -0.285. The first-order chi connectivity index (χ1) is 20.4. The van der Waals surface area contributed by atoms with E-state index in [9.17, 15) is 18.9 Å². The van der Waals surface area contributed by atoms with E-state index in [0.717, 1.165) is 5.56 Å². The summed E-state index contributed by atoms with van der Waals surface area (Å²) in [7, 11) is -2.37. The third kappa shape index (κ3) is 17.9. The van der Waals surface area contributed by atoms with Crippen molar-refractivity contribution in [1.82, 2.24) is 19.6 Å². The largest absolute Gasteiger partial charge is 0.460 e. The van der Waals surface area contributed by atoms with Crippen LogP contribution >= 0.6 is 7.14 Å². The third-order valence-electron chi connectivity index (χ3n) is 6.61. The van der Waals surface area contributed by atoms with Crippen LogP contribution in [0.1, 0.15) is 47.1 Å². The molecule has 1 aromatic rings. The van der Waals surface area contributed by atoms with E-state index in [2.05, 4.69) is 4.90 Å². The van der Waals surface area contributed by atoms with Crippen LogP contribution in [-0.4, -0.2) is 140 Å². The number of hydrogen-bond donors (Lipinski definition) is 0. The molecule has 2 rings (SSSR count). The molecule has 0 amide bonds. The predicted molar refractivity (Wildman–Crippen MR) is 173 cm³/mol. The fraction of sp³-hybridized carbons (Fsp3) is 0.719. The summed E-state index contributed by atoms with van der Waals surface area (Å²) < 4.78 is 29.6. The number of esters is 3. The molecule has 250 valence electrons. The van der Waals surface area contributed by atoms with Gasteiger partial charge >= 0.3 is 17.9 Å². The van der Waals surface area contributed by atoms with Crippen molar-refractivity contribution in [3.8, 4) is 0 Å². The molecule has 1 aliphatic rings. The summed E-state index contributed by atoms with van der Waals surface area (Å²) in [4.78, 5) is 46.6. The molecule has 0 atom stereocenters. The average molecular weight is 639 g/mol. The highest BCUT2D eigenvalue weighted by Gasteiger charge is 2.25. The number of carbonyl (C=O) groups is 3. The van der Waals surface area contributed by atoms with Crippen LogP contribution in [0.3, 0.4) is 0 Å². The summed E-state index contributed by atoms with van der Waals surface area (Å²) in [6.07, 6.45) is 0.437. The molecule has 1 aliphatic heterocycles. The zero-order chi connectivity index (χ0) is 33.0. The van der Waals surface area contributed by atoms with Crippen LogP contribution < -0.4 is 0 Å². The zero-order valence-corrected chi connectivity index (χ0v) is 29.1. The Morgan fingerprint density at radius 3 is 1.36 bits per heavy atom. The minimum atomic E-state index is -2.37. The fourth-order valence-electron chi connectivity index (χ4n) is 4.75. The smallest absolute Gasteiger partial charge is 0.320 e. The van der Waals surface area contributed by atoms with Crippen LogP contribution in [0, 0.1) is 0 Å². The molecular formula is C32H55N4O7P. The Hall–Kier alpha value is -2.30. The lowest BCUT2D eigenvalue weighted by atomic mass is 10.2. The van der Waals surface area contributed by atoms with Gasteiger partial charge in [0.15, 0.2) is 0 Å². The lowest BCUT2D eigenvalue weighted by molar-refractivity contribution is -0.157. The second kappa shape index (κ2) is 17.4. The van der Waals surface area contributed by atoms with Crippen molar-refractivity contribution in [1.29, 1.82) is 0 Å². The van der Waals surface area contributed by atoms with E-state index < -0.39 is 18.3 Å². The minimum Gasteiger partial charge on any atom is -0.460 e. The maximum absolute atomic E-state index is 12.9. The van der Waals surface area contributed by atoms with Crippen molar-refractivity contribution < 1.29 is 33.2 Å². The van der Waals surface area contributed by atoms with Gasteiger partial charge in [-0.1, -0.05) is 30.3 Å². The van der Waals surface area contributed by atoms with Crippen molar-refractivity contribution in [2.24, 2.45) is 0 Å². The summed E-state index contributed by atoms with van der Waals surface area (Å²) in [5.74, 6) is -0.971. The molecule has 0 saturated carbocycles. The van der Waals surface area contributed by atoms with E-state index in [0.29, 0.717) is 58.6 Å². The van der Waals surface area contributed by atoms with Gasteiger partial charge in [-0.25, -0.2) is 0 Å². The Bertz CT molecular complexity index is 1050. The van der Waals surface area contributed by atoms with Gasteiger partial charge in [0.2, 0.25) is 0 Å². The van der Waals surface area contributed by atoms with E-state index in [1.807, 2.05) is 86.6 Å². The molecule has 1 saturated heterocycles. The summed E-state index contributed by atoms with van der Waals surface area (Å²) in [5, 5.41) is 0. The number of ether oxygens (including phenoxy) is 3. The van der Waals surface area contributed by atoms with Crippen molar-refractivity contribution in [3.63, 3.8) is 0 Å². The Kier molecular flexibility index (Phi) is 15.0. The SMILES string of the molecule is CC(C)(C)OC(=O)CN1CCN(CC(=O)OCc2ccccc2)CCN(CC(=O)OC(C)(C)C)CCN(CP(C)(C)=O)CC1. The molecule has 0 bridgehead atoms. The molecule has 0 N–H and O–H groups in total. The Morgan fingerprint density at radius 1 is 0.636 bits per heavy atom. The monoisotopic (exact) mass is 638 g/mol. The van der Waals surface area contributed by atoms with Gasteiger partial charge in [0.05, 0.1) is 33.1 Å². The third-order valence-corrected chi connectivity index (χ3v) is 7.69. The van der Waals surface area contributed by atoms with E-state index >= 15 is 0 Å². The lowest BCUT2D eigenvalue weighted by Gasteiger charge is -2.34. The van der Waals surface area contributed by atoms with Crippen LogP contribution in [0.2, 0.25) is 0 Å². The number of rotatable bonds is 10. The lowest BCUT2D eigenvalue weighted by Crippen LogP contribution is -2.49. The summed E-state index contributed by atoms with van der Waals surface area (Å²) >= 11 is 0. The summed E-state index contributed by atoms with van der Waals surface area (Å²) in [6.45, 7) is 19.4. The van der Waals surface area contributed by atoms with Crippen molar-refractivity contribution in [2.75, 3.05) is 91.6 Å². The second-order valence-electron chi connectivity index (χ2n) is 14.0. The van der Waals surface area contributed by atoms with Crippen LogP contribution in [0.4, 0.5) is 0 Å². The first kappa shape index (κ1) is 37.9. The quantitative estimate of drug-likeness (QED) is 0.214. The molecule has 12 heteroatoms. The standard InChI is InChI=1S/C32H55N4O7P/c1-31(2,3)42-29(38)23-34-16-14-33(22-28(37)41-25-27-12-10-9-11-13-27)15-17-35(24-30(39)43-32(4,5)6)19-21-36(20-18-34)26-44(7,8)40/h9-13H,14-26H2,1-8H3. The van der Waals surface area contributed by atoms with Gasteiger partial charge in [-0.2, -0.15) is 0 Å². The molecule has 1 heterocycles. The molecule has 11 nitrogen and oxygen atoms in total. The van der Waals surface area contributed by atoms with E-state index in [1.165, 1.54) is 0 Å². The normalized spacial score (nSPS) is 17.7. The van der Waals surface area contributed by atoms with Crippen molar-refractivity contribution >= 4 is 25.0 Å². The van der Waals surface area contributed by atoms with Crippen LogP contribution in [0.5, 0.6) is 0 Å². The highest BCUT2D eigenvalue weighted by Crippen LogP contribution is 2.36. The van der Waals surface area contributed by atoms with Crippen LogP contribution in [0.25, 0.3) is 0 Å². The van der Waals surface area contributed by atoms with Crippen molar-refractivity contribution in [2.45, 2.75) is 59.4 Å². The Labute approximate surface area is 264 Å². The molecule has 44 heavy (non-hydrogen) atoms. The van der Waals surface area contributed by atoms with Crippen molar-refractivity contribution in [3.05, 3.63) is 35.9 Å². The molecule has 0 unspecified atom stereocenters. The molecular weight excluding hydrogens is 583 g/mol. The van der Waals surface area contributed by atoms with Gasteiger partial charge < -0.3 is 18.8 Å². The van der Waals surface area contributed by atoms with Gasteiger partial charge in [0.1, 0.15) is 17.8 Å². The van der Waals surface area contributed by atoms with E-state index in [1.54, 1.807) is 13.3 Å². The molecule has 0 aliphatic carbocycles. The highest BCUT2D eigenvalue weighted by molar-refractivity contribution is 7.62. The molecule has 0 radical (unpaired) electrons. The molecule has 0 aromatic heterocycles. The van der Waals surface area contributed by atoms with Crippen LogP contribution in [-0.2, 0) is 39.8 Å². The van der Waals surface area contributed by atoms with Gasteiger partial charge in [-0.05, 0) is 60.4 Å². The number of nitrogens with zero attached hydrogens (tertiary/aromatic N) is 4. The van der Waals surface area contributed by atoms with Gasteiger partial charge in [-0.3, -0.25) is 34.0 Å². The fourth-order valence-corrected chi connectivity index (χ4v) is 6.00. The predicted octanol–water partition coefficient (Wildman–Crippen LogP) is 3.22. The van der Waals surface area contributed by atoms with Gasteiger partial charge in [0, 0.05) is 52.4 Å². The molecule has 1 aromatic carbocycles. The zero-order valence-electron chi connectivity index (χ0n) is 28.2. The molecule has 1 fully saturated rings. The minimum absolute atomic E-state index is 0.0777. The maximum atomic E-state index is 12.9. The second-order valence-corrected chi connectivity index (χ2v) is 17.4. The number of benzene rings is 1. The molecule has 0 spiro atoms. The first-order valence-corrected chi connectivity index (χ1v) is 18.2. The topological polar surface area (TPSA) is 109 Å². The van der Waals surface area contributed by atoms with E-state index in [-0.39, 0.29) is 44.1 Å². The first-order valence-electron chi connectivity index (χ1n) is 15.4. The number of carbonyl (C=O) groups excluding carboxylic acids is 3. The van der Waals surface area contributed by atoms with Crippen LogP contribution in [0.15, 0.2) is 30.3 Å².